The van der Waals surface area contributed by atoms with Gasteiger partial charge in [0, 0.05) is 12.0 Å². The summed E-state index contributed by atoms with van der Waals surface area (Å²) >= 11 is 2.07. The van der Waals surface area contributed by atoms with Crippen molar-refractivity contribution in [1.82, 2.24) is 5.32 Å². The lowest BCUT2D eigenvalue weighted by Gasteiger charge is -2.26. The van der Waals surface area contributed by atoms with Crippen LogP contribution in [0.5, 0.6) is 0 Å². The molecule has 0 bridgehead atoms. The molecule has 4 heteroatoms. The van der Waals surface area contributed by atoms with Crippen LogP contribution in [0.1, 0.15) is 19.8 Å². The van der Waals surface area contributed by atoms with Gasteiger partial charge in [-0.25, -0.2) is 0 Å². The molecule has 0 radical (unpaired) electrons. The fourth-order valence-corrected chi connectivity index (χ4v) is 3.06. The number of halogens is 1. The number of hydrogen-bond acceptors (Lipinski definition) is 3. The first-order chi connectivity index (χ1) is 5.86. The normalized spacial score (nSPS) is 35.8. The van der Waals surface area contributed by atoms with Gasteiger partial charge < -0.3 is 4.74 Å². The van der Waals surface area contributed by atoms with Crippen LogP contribution in [0.25, 0.3) is 0 Å². The van der Waals surface area contributed by atoms with E-state index in [9.17, 15) is 0 Å². The largest absolute Gasteiger partial charge is 0.361 e. The van der Waals surface area contributed by atoms with Crippen LogP contribution in [0.4, 0.5) is 0 Å². The van der Waals surface area contributed by atoms with Crippen molar-refractivity contribution in [2.75, 3.05) is 18.1 Å². The summed E-state index contributed by atoms with van der Waals surface area (Å²) in [6.45, 7) is 3.09. The van der Waals surface area contributed by atoms with Crippen LogP contribution in [0.15, 0.2) is 0 Å². The van der Waals surface area contributed by atoms with Crippen LogP contribution in [-0.2, 0) is 4.74 Å². The highest BCUT2D eigenvalue weighted by Crippen LogP contribution is 2.27. The van der Waals surface area contributed by atoms with E-state index in [1.165, 1.54) is 24.3 Å². The molecule has 2 atom stereocenters. The number of hydrogen-bond donors (Lipinski definition) is 1. The van der Waals surface area contributed by atoms with Crippen molar-refractivity contribution >= 4 is 24.2 Å². The molecule has 0 aliphatic carbocycles. The molecular weight excluding hydrogens is 206 g/mol. The van der Waals surface area contributed by atoms with Gasteiger partial charge in [-0.05, 0) is 31.3 Å². The van der Waals surface area contributed by atoms with Crippen LogP contribution in [-0.4, -0.2) is 30.4 Å². The van der Waals surface area contributed by atoms with Crippen molar-refractivity contribution in [2.24, 2.45) is 5.92 Å². The predicted octanol–water partition coefficient (Wildman–Crippen LogP) is 1.89. The fraction of sp³-hybridized carbons (Fsp3) is 1.00. The smallest absolute Gasteiger partial charge is 0.111 e. The summed E-state index contributed by atoms with van der Waals surface area (Å²) in [4.78, 5) is 0. The standard InChI is InChI=1S/C9H17NOS.ClH/c1-7-6-11-9(10-7)8-2-4-12-5-3-8;/h7-10H,2-6H2,1H3;1H. The minimum atomic E-state index is 0. The molecule has 2 aliphatic rings. The van der Waals surface area contributed by atoms with Crippen LogP contribution in [0.3, 0.4) is 0 Å². The Hall–Kier alpha value is 0.560. The molecule has 2 unspecified atom stereocenters. The first-order valence-electron chi connectivity index (χ1n) is 4.81. The highest BCUT2D eigenvalue weighted by atomic mass is 35.5. The molecule has 2 saturated heterocycles. The van der Waals surface area contributed by atoms with Crippen molar-refractivity contribution in [2.45, 2.75) is 32.0 Å². The zero-order valence-electron chi connectivity index (χ0n) is 7.99. The molecule has 0 aromatic rings. The summed E-state index contributed by atoms with van der Waals surface area (Å²) in [6, 6.07) is 0.560. The third-order valence-corrected chi connectivity index (χ3v) is 3.72. The van der Waals surface area contributed by atoms with Crippen LogP contribution in [0.2, 0.25) is 0 Å². The highest BCUT2D eigenvalue weighted by molar-refractivity contribution is 7.99. The van der Waals surface area contributed by atoms with E-state index in [1.54, 1.807) is 0 Å². The molecule has 2 heterocycles. The van der Waals surface area contributed by atoms with Crippen molar-refractivity contribution in [3.05, 3.63) is 0 Å². The molecule has 13 heavy (non-hydrogen) atoms. The lowest BCUT2D eigenvalue weighted by Crippen LogP contribution is -2.36. The Bertz CT molecular complexity index is 150. The third-order valence-electron chi connectivity index (χ3n) is 2.67. The first kappa shape index (κ1) is 11.6. The van der Waals surface area contributed by atoms with Crippen molar-refractivity contribution in [3.8, 4) is 0 Å². The van der Waals surface area contributed by atoms with Crippen molar-refractivity contribution in [3.63, 3.8) is 0 Å². The SMILES string of the molecule is CC1COC(C2CCSCC2)N1.Cl. The van der Waals surface area contributed by atoms with E-state index < -0.39 is 0 Å². The van der Waals surface area contributed by atoms with Gasteiger partial charge >= 0.3 is 0 Å². The van der Waals surface area contributed by atoms with Gasteiger partial charge in [0.15, 0.2) is 0 Å². The summed E-state index contributed by atoms with van der Waals surface area (Å²) in [7, 11) is 0. The van der Waals surface area contributed by atoms with E-state index >= 15 is 0 Å². The second-order valence-corrected chi connectivity index (χ2v) is 5.00. The molecule has 1 N–H and O–H groups in total. The molecule has 2 aliphatic heterocycles. The van der Waals surface area contributed by atoms with Crippen molar-refractivity contribution in [1.29, 1.82) is 0 Å². The summed E-state index contributed by atoms with van der Waals surface area (Å²) in [5.41, 5.74) is 0. The first-order valence-corrected chi connectivity index (χ1v) is 5.97. The van der Waals surface area contributed by atoms with E-state index in [2.05, 4.69) is 24.0 Å². The summed E-state index contributed by atoms with van der Waals surface area (Å²) in [6.07, 6.45) is 3.02. The second-order valence-electron chi connectivity index (χ2n) is 3.77. The zero-order chi connectivity index (χ0) is 8.39. The Morgan fingerprint density at radius 1 is 1.31 bits per heavy atom. The topological polar surface area (TPSA) is 21.3 Å². The average molecular weight is 224 g/mol. The molecule has 0 spiro atoms. The Morgan fingerprint density at radius 2 is 2.00 bits per heavy atom. The van der Waals surface area contributed by atoms with Gasteiger partial charge in [0.05, 0.1) is 6.61 Å². The van der Waals surface area contributed by atoms with E-state index in [0.717, 1.165) is 12.5 Å². The molecule has 0 amide bonds. The summed E-state index contributed by atoms with van der Waals surface area (Å²) < 4.78 is 5.68. The van der Waals surface area contributed by atoms with Crippen LogP contribution < -0.4 is 5.32 Å². The molecule has 2 rings (SSSR count). The molecule has 2 fully saturated rings. The van der Waals surface area contributed by atoms with E-state index in [0.29, 0.717) is 12.3 Å². The van der Waals surface area contributed by atoms with Gasteiger partial charge in [-0.1, -0.05) is 0 Å². The maximum Gasteiger partial charge on any atom is 0.111 e. The molecule has 0 aromatic heterocycles. The molecular formula is C9H18ClNOS. The van der Waals surface area contributed by atoms with Gasteiger partial charge in [-0.15, -0.1) is 12.4 Å². The van der Waals surface area contributed by atoms with Crippen LogP contribution in [0, 0.1) is 5.92 Å². The van der Waals surface area contributed by atoms with E-state index in [1.807, 2.05) is 0 Å². The Labute approximate surface area is 90.6 Å². The minimum absolute atomic E-state index is 0. The van der Waals surface area contributed by atoms with Crippen molar-refractivity contribution < 1.29 is 4.74 Å². The second kappa shape index (κ2) is 5.44. The molecule has 78 valence electrons. The number of rotatable bonds is 1. The molecule has 0 aromatic carbocycles. The lowest BCUT2D eigenvalue weighted by molar-refractivity contribution is 0.0484. The summed E-state index contributed by atoms with van der Waals surface area (Å²) in [5, 5.41) is 3.49. The Kier molecular flexibility index (Phi) is 4.87. The number of thioether (sulfide) groups is 1. The van der Waals surface area contributed by atoms with Crippen LogP contribution >= 0.6 is 24.2 Å². The van der Waals surface area contributed by atoms with E-state index in [-0.39, 0.29) is 12.4 Å². The Balaban J connectivity index is 0.000000845. The maximum absolute atomic E-state index is 5.68. The van der Waals surface area contributed by atoms with E-state index in [4.69, 9.17) is 4.74 Å². The van der Waals surface area contributed by atoms with Gasteiger partial charge in [0.25, 0.3) is 0 Å². The molecule has 0 saturated carbocycles. The van der Waals surface area contributed by atoms with Gasteiger partial charge in [-0.2, -0.15) is 11.8 Å². The lowest BCUT2D eigenvalue weighted by atomic mass is 10.0. The number of nitrogens with one attached hydrogen (secondary N) is 1. The third kappa shape index (κ3) is 3.01. The van der Waals surface area contributed by atoms with Gasteiger partial charge in [0.1, 0.15) is 6.23 Å². The zero-order valence-corrected chi connectivity index (χ0v) is 9.63. The quantitative estimate of drug-likeness (QED) is 0.734. The summed E-state index contributed by atoms with van der Waals surface area (Å²) in [5.74, 6) is 3.41. The highest BCUT2D eigenvalue weighted by Gasteiger charge is 2.29. The predicted molar refractivity (Wildman–Crippen MR) is 59.6 cm³/mol. The molecule has 2 nitrogen and oxygen atoms in total. The number of ether oxygens (including phenoxy) is 1. The van der Waals surface area contributed by atoms with Gasteiger partial charge in [-0.3, -0.25) is 5.32 Å². The average Bonchev–Trinajstić information content (AvgIpc) is 2.54. The monoisotopic (exact) mass is 223 g/mol. The minimum Gasteiger partial charge on any atom is -0.361 e. The Morgan fingerprint density at radius 3 is 2.54 bits per heavy atom. The maximum atomic E-state index is 5.68. The van der Waals surface area contributed by atoms with Gasteiger partial charge in [0.2, 0.25) is 0 Å². The fourth-order valence-electron chi connectivity index (χ4n) is 1.92.